The quantitative estimate of drug-likeness (QED) is 0.154. The average molecular weight is 658 g/mol. The Kier molecular flexibility index (Phi) is 9.75. The molecular weight excluding hydrogens is 611 g/mol. The van der Waals surface area contributed by atoms with Crippen LogP contribution in [-0.2, 0) is 32.7 Å². The van der Waals surface area contributed by atoms with Crippen molar-refractivity contribution in [3.8, 4) is 5.75 Å². The third kappa shape index (κ3) is 7.52. The van der Waals surface area contributed by atoms with Crippen molar-refractivity contribution in [2.75, 3.05) is 11.9 Å². The van der Waals surface area contributed by atoms with E-state index >= 15 is 0 Å². The van der Waals surface area contributed by atoms with Crippen LogP contribution in [0.25, 0.3) is 0 Å². The van der Waals surface area contributed by atoms with Gasteiger partial charge < -0.3 is 34.7 Å². The van der Waals surface area contributed by atoms with E-state index in [9.17, 15) is 18.0 Å². The number of nitrogens with one attached hydrogen (secondary N) is 2. The van der Waals surface area contributed by atoms with E-state index in [4.69, 9.17) is 28.2 Å². The SMILES string of the molecule is CC(=O)Oc1ccccc1NC(=O)N[C@@H]1OC(CO[Si](C)(C)C(C)(C)C)C2(OS(=O)(=O)C=C2N)C1O[Si](C)(C)C(C)(C)C. The van der Waals surface area contributed by atoms with Gasteiger partial charge in [-0.3, -0.25) is 4.79 Å². The molecule has 3 unspecified atom stereocenters. The van der Waals surface area contributed by atoms with Crippen LogP contribution in [-0.4, -0.2) is 67.7 Å². The Morgan fingerprint density at radius 2 is 1.60 bits per heavy atom. The summed E-state index contributed by atoms with van der Waals surface area (Å²) in [5.74, 6) is -0.397. The van der Waals surface area contributed by atoms with Crippen molar-refractivity contribution < 1.29 is 40.5 Å². The van der Waals surface area contributed by atoms with Crippen molar-refractivity contribution in [2.45, 2.75) is 109 Å². The summed E-state index contributed by atoms with van der Waals surface area (Å²) in [7, 11) is -9.19. The van der Waals surface area contributed by atoms with E-state index in [1.54, 1.807) is 24.3 Å². The molecule has 0 bridgehead atoms. The molecule has 2 heterocycles. The van der Waals surface area contributed by atoms with Gasteiger partial charge in [0.25, 0.3) is 10.1 Å². The Bertz CT molecular complexity index is 1370. The summed E-state index contributed by atoms with van der Waals surface area (Å²) in [6, 6.07) is 5.73. The molecule has 242 valence electrons. The number of carbonyl (C=O) groups is 2. The number of urea groups is 1. The molecule has 2 aliphatic heterocycles. The molecule has 1 saturated heterocycles. The topological polar surface area (TPSA) is 165 Å². The zero-order chi connectivity index (χ0) is 32.8. The van der Waals surface area contributed by atoms with Crippen LogP contribution in [0.1, 0.15) is 48.5 Å². The molecule has 3 rings (SSSR count). The molecule has 43 heavy (non-hydrogen) atoms. The highest BCUT2D eigenvalue weighted by molar-refractivity contribution is 7.90. The van der Waals surface area contributed by atoms with E-state index in [0.29, 0.717) is 0 Å². The second-order valence-corrected chi connectivity index (χ2v) is 25.0. The molecule has 0 saturated carbocycles. The highest BCUT2D eigenvalue weighted by atomic mass is 32.2. The first-order chi connectivity index (χ1) is 19.4. The van der Waals surface area contributed by atoms with Crippen LogP contribution in [0.4, 0.5) is 10.5 Å². The van der Waals surface area contributed by atoms with Gasteiger partial charge in [0.05, 0.1) is 23.4 Å². The Hall–Kier alpha value is -2.28. The van der Waals surface area contributed by atoms with E-state index in [1.165, 1.54) is 6.92 Å². The van der Waals surface area contributed by atoms with Gasteiger partial charge in [0, 0.05) is 6.92 Å². The molecule has 0 radical (unpaired) electrons. The third-order valence-electron chi connectivity index (χ3n) is 8.76. The van der Waals surface area contributed by atoms with Crippen molar-refractivity contribution in [3.63, 3.8) is 0 Å². The number of amides is 2. The summed E-state index contributed by atoms with van der Waals surface area (Å²) in [5.41, 5.74) is 4.82. The number of ether oxygens (including phenoxy) is 2. The van der Waals surface area contributed by atoms with Crippen molar-refractivity contribution in [1.82, 2.24) is 5.32 Å². The first-order valence-corrected chi connectivity index (χ1v) is 21.5. The van der Waals surface area contributed by atoms with Crippen LogP contribution in [0.2, 0.25) is 36.3 Å². The first-order valence-electron chi connectivity index (χ1n) is 14.2. The number of benzene rings is 1. The van der Waals surface area contributed by atoms with Crippen LogP contribution >= 0.6 is 0 Å². The second kappa shape index (κ2) is 11.9. The monoisotopic (exact) mass is 657 g/mol. The van der Waals surface area contributed by atoms with Crippen LogP contribution < -0.4 is 21.1 Å². The lowest BCUT2D eigenvalue weighted by Gasteiger charge is -2.43. The molecule has 0 aromatic heterocycles. The number of hydrogen-bond acceptors (Lipinski definition) is 10. The summed E-state index contributed by atoms with van der Waals surface area (Å²) >= 11 is 0. The Morgan fingerprint density at radius 3 is 2.12 bits per heavy atom. The average Bonchev–Trinajstić information content (AvgIpc) is 3.23. The standard InChI is InChI=1S/C28H47N3O9SSi2/c1-18(32)37-20-15-13-12-14-19(20)30-25(33)31-24-23(39-43(10,11)27(5,6)7)28(21(29)17-41(34,35)40-28)22(38-24)16-36-42(8,9)26(2,3)4/h12-15,17,22-24H,16,29H2,1-11H3,(H2,30,31,33)/t22?,23?,24-,28?/m1/s1. The highest BCUT2D eigenvalue weighted by Gasteiger charge is 2.67. The fourth-order valence-corrected chi connectivity index (χ4v) is 7.75. The van der Waals surface area contributed by atoms with Crippen LogP contribution in [0.5, 0.6) is 5.75 Å². The highest BCUT2D eigenvalue weighted by Crippen LogP contribution is 2.49. The molecule has 2 amide bonds. The smallest absolute Gasteiger partial charge is 0.321 e. The number of para-hydroxylation sites is 2. The third-order valence-corrected chi connectivity index (χ3v) is 18.8. The molecule has 15 heteroatoms. The fraction of sp³-hybridized carbons (Fsp3) is 0.643. The van der Waals surface area contributed by atoms with E-state index in [2.05, 4.69) is 44.5 Å². The maximum absolute atomic E-state index is 13.4. The molecule has 4 N–H and O–H groups in total. The molecule has 2 aliphatic rings. The Morgan fingerprint density at radius 1 is 1.02 bits per heavy atom. The minimum atomic E-state index is -4.20. The van der Waals surface area contributed by atoms with Gasteiger partial charge in [-0.25, -0.2) is 8.98 Å². The minimum Gasteiger partial charge on any atom is -0.424 e. The van der Waals surface area contributed by atoms with E-state index in [-0.39, 0.29) is 33.8 Å². The zero-order valence-electron chi connectivity index (χ0n) is 27.0. The van der Waals surface area contributed by atoms with Crippen molar-refractivity contribution in [2.24, 2.45) is 5.73 Å². The van der Waals surface area contributed by atoms with Crippen LogP contribution in [0.3, 0.4) is 0 Å². The Balaban J connectivity index is 2.04. The molecule has 1 fully saturated rings. The zero-order valence-corrected chi connectivity index (χ0v) is 29.8. The number of nitrogens with two attached hydrogens (primary N) is 1. The minimum absolute atomic E-state index is 0.0486. The number of carbonyl (C=O) groups excluding carboxylic acids is 2. The summed E-state index contributed by atoms with van der Waals surface area (Å²) in [6.07, 6.45) is -3.38. The van der Waals surface area contributed by atoms with Gasteiger partial charge in [0.1, 0.15) is 12.2 Å². The van der Waals surface area contributed by atoms with Gasteiger partial charge in [-0.15, -0.1) is 0 Å². The van der Waals surface area contributed by atoms with Gasteiger partial charge in [0.15, 0.2) is 34.2 Å². The van der Waals surface area contributed by atoms with Gasteiger partial charge >= 0.3 is 12.0 Å². The number of esters is 1. The Labute approximate surface area is 257 Å². The number of anilines is 1. The predicted molar refractivity (Wildman–Crippen MR) is 169 cm³/mol. The fourth-order valence-electron chi connectivity index (χ4n) is 4.24. The molecule has 4 atom stereocenters. The molecule has 0 aliphatic carbocycles. The maximum atomic E-state index is 13.4. The lowest BCUT2D eigenvalue weighted by molar-refractivity contribution is -0.131. The van der Waals surface area contributed by atoms with Crippen molar-refractivity contribution in [1.29, 1.82) is 0 Å². The summed E-state index contributed by atoms with van der Waals surface area (Å²) in [4.78, 5) is 24.9. The van der Waals surface area contributed by atoms with Gasteiger partial charge in [-0.1, -0.05) is 53.7 Å². The van der Waals surface area contributed by atoms with Gasteiger partial charge in [0.2, 0.25) is 0 Å². The molecule has 1 aromatic rings. The summed E-state index contributed by atoms with van der Waals surface area (Å²) in [5, 5.41) is 5.87. The normalized spacial score (nSPS) is 25.8. The van der Waals surface area contributed by atoms with Crippen LogP contribution in [0, 0.1) is 0 Å². The second-order valence-electron chi connectivity index (χ2n) is 14.0. The number of hydrogen-bond donors (Lipinski definition) is 3. The maximum Gasteiger partial charge on any atom is 0.321 e. The molecule has 1 aromatic carbocycles. The van der Waals surface area contributed by atoms with E-state index in [0.717, 1.165) is 5.41 Å². The van der Waals surface area contributed by atoms with E-state index < -0.39 is 62.8 Å². The van der Waals surface area contributed by atoms with Crippen molar-refractivity contribution in [3.05, 3.63) is 35.4 Å². The predicted octanol–water partition coefficient (Wildman–Crippen LogP) is 4.77. The van der Waals surface area contributed by atoms with Crippen molar-refractivity contribution >= 4 is 44.4 Å². The largest absolute Gasteiger partial charge is 0.424 e. The molecule has 1 spiro atoms. The number of rotatable bonds is 8. The lowest BCUT2D eigenvalue weighted by Crippen LogP contribution is -2.61. The first kappa shape index (κ1) is 35.2. The lowest BCUT2D eigenvalue weighted by atomic mass is 9.89. The van der Waals surface area contributed by atoms with Gasteiger partial charge in [-0.2, -0.15) is 8.42 Å². The molecule has 12 nitrogen and oxygen atoms in total. The summed E-state index contributed by atoms with van der Waals surface area (Å²) < 4.78 is 56.3. The summed E-state index contributed by atoms with van der Waals surface area (Å²) in [6.45, 7) is 21.7. The molecular formula is C28H47N3O9SSi2. The van der Waals surface area contributed by atoms with Gasteiger partial charge in [-0.05, 0) is 48.4 Å². The van der Waals surface area contributed by atoms with E-state index in [1.807, 2.05) is 33.9 Å². The van der Waals surface area contributed by atoms with Crippen LogP contribution in [0.15, 0.2) is 35.4 Å².